The number of hydrogen-bond donors (Lipinski definition) is 1. The summed E-state index contributed by atoms with van der Waals surface area (Å²) in [5, 5.41) is 3.81. The molecule has 0 spiro atoms. The van der Waals surface area contributed by atoms with E-state index in [4.69, 9.17) is 4.74 Å². The molecule has 1 aliphatic rings. The average molecular weight is 227 g/mol. The van der Waals surface area contributed by atoms with E-state index in [0.29, 0.717) is 12.1 Å². The molecule has 0 radical (unpaired) electrons. The lowest BCUT2D eigenvalue weighted by molar-refractivity contribution is 0.147. The second-order valence-electron chi connectivity index (χ2n) is 5.42. The van der Waals surface area contributed by atoms with Crippen LogP contribution < -0.4 is 5.32 Å². The number of methoxy groups -OCH3 is 1. The van der Waals surface area contributed by atoms with Crippen LogP contribution in [-0.4, -0.2) is 25.8 Å². The summed E-state index contributed by atoms with van der Waals surface area (Å²) in [7, 11) is 1.81. The highest BCUT2D eigenvalue weighted by atomic mass is 16.5. The van der Waals surface area contributed by atoms with Gasteiger partial charge in [-0.05, 0) is 37.5 Å². The Balaban J connectivity index is 2.33. The molecule has 1 saturated carbocycles. The van der Waals surface area contributed by atoms with Crippen molar-refractivity contribution in [2.24, 2.45) is 11.8 Å². The largest absolute Gasteiger partial charge is 0.383 e. The van der Waals surface area contributed by atoms with Crippen molar-refractivity contribution in [3.63, 3.8) is 0 Å². The molecule has 0 saturated heterocycles. The minimum Gasteiger partial charge on any atom is -0.383 e. The van der Waals surface area contributed by atoms with Crippen molar-refractivity contribution in [3.05, 3.63) is 0 Å². The molecule has 0 heterocycles. The first-order valence-electron chi connectivity index (χ1n) is 6.96. The van der Waals surface area contributed by atoms with E-state index in [2.05, 4.69) is 26.1 Å². The predicted molar refractivity (Wildman–Crippen MR) is 69.7 cm³/mol. The monoisotopic (exact) mass is 227 g/mol. The van der Waals surface area contributed by atoms with Crippen molar-refractivity contribution in [1.82, 2.24) is 5.32 Å². The highest BCUT2D eigenvalue weighted by molar-refractivity contribution is 4.88. The van der Waals surface area contributed by atoms with Crippen LogP contribution in [0.15, 0.2) is 0 Å². The van der Waals surface area contributed by atoms with Crippen LogP contribution in [0, 0.1) is 11.8 Å². The first kappa shape index (κ1) is 14.0. The Morgan fingerprint density at radius 1 is 1.25 bits per heavy atom. The molecule has 0 aromatic heterocycles. The van der Waals surface area contributed by atoms with Crippen LogP contribution in [0.25, 0.3) is 0 Å². The third kappa shape index (κ3) is 4.84. The summed E-state index contributed by atoms with van der Waals surface area (Å²) >= 11 is 0. The third-order valence-electron chi connectivity index (χ3n) is 3.86. The van der Waals surface area contributed by atoms with Crippen LogP contribution >= 0.6 is 0 Å². The van der Waals surface area contributed by atoms with Gasteiger partial charge in [0.1, 0.15) is 0 Å². The summed E-state index contributed by atoms with van der Waals surface area (Å²) in [4.78, 5) is 0. The molecule has 2 nitrogen and oxygen atoms in total. The molecular formula is C14H29NO. The molecule has 1 N–H and O–H groups in total. The Bertz CT molecular complexity index is 180. The van der Waals surface area contributed by atoms with Gasteiger partial charge >= 0.3 is 0 Å². The Morgan fingerprint density at radius 2 is 1.94 bits per heavy atom. The van der Waals surface area contributed by atoms with Crippen molar-refractivity contribution in [3.8, 4) is 0 Å². The lowest BCUT2D eigenvalue weighted by atomic mass is 9.97. The Labute approximate surface area is 101 Å². The number of hydrogen-bond acceptors (Lipinski definition) is 2. The normalized spacial score (nSPS) is 21.8. The average Bonchev–Trinajstić information content (AvgIpc) is 3.10. The minimum atomic E-state index is 0.596. The van der Waals surface area contributed by atoms with Crippen molar-refractivity contribution in [2.45, 2.75) is 65.0 Å². The fourth-order valence-corrected chi connectivity index (χ4v) is 2.31. The van der Waals surface area contributed by atoms with Gasteiger partial charge in [0.15, 0.2) is 0 Å². The second kappa shape index (κ2) is 7.29. The van der Waals surface area contributed by atoms with Gasteiger partial charge in [0, 0.05) is 19.2 Å². The molecule has 16 heavy (non-hydrogen) atoms. The zero-order chi connectivity index (χ0) is 12.0. The molecule has 0 bridgehead atoms. The maximum atomic E-state index is 5.32. The molecule has 3 unspecified atom stereocenters. The van der Waals surface area contributed by atoms with Crippen LogP contribution in [0.4, 0.5) is 0 Å². The zero-order valence-corrected chi connectivity index (χ0v) is 11.5. The summed E-state index contributed by atoms with van der Waals surface area (Å²) in [5.74, 6) is 1.71. The molecule has 0 aliphatic heterocycles. The van der Waals surface area contributed by atoms with E-state index in [1.165, 1.54) is 32.1 Å². The Morgan fingerprint density at radius 3 is 2.38 bits per heavy atom. The summed E-state index contributed by atoms with van der Waals surface area (Å²) in [6.45, 7) is 7.80. The molecule has 1 fully saturated rings. The van der Waals surface area contributed by atoms with E-state index in [0.717, 1.165) is 18.4 Å². The van der Waals surface area contributed by atoms with Gasteiger partial charge in [-0.3, -0.25) is 0 Å². The fourth-order valence-electron chi connectivity index (χ4n) is 2.31. The molecule has 0 aromatic carbocycles. The van der Waals surface area contributed by atoms with E-state index < -0.39 is 0 Å². The molecule has 0 aromatic rings. The summed E-state index contributed by atoms with van der Waals surface area (Å²) in [6.07, 6.45) is 6.61. The van der Waals surface area contributed by atoms with Crippen molar-refractivity contribution in [1.29, 1.82) is 0 Å². The smallest absolute Gasteiger partial charge is 0.0618 e. The van der Waals surface area contributed by atoms with Gasteiger partial charge < -0.3 is 10.1 Å². The molecule has 1 rings (SSSR count). The van der Waals surface area contributed by atoms with Crippen molar-refractivity contribution >= 4 is 0 Å². The SMILES string of the molecule is CCC(C)CC(CC)NC(COC)C1CC1. The first-order valence-corrected chi connectivity index (χ1v) is 6.96. The molecule has 96 valence electrons. The lowest BCUT2D eigenvalue weighted by Crippen LogP contribution is -2.42. The molecule has 3 atom stereocenters. The number of nitrogens with one attached hydrogen (secondary N) is 1. The van der Waals surface area contributed by atoms with E-state index in [-0.39, 0.29) is 0 Å². The summed E-state index contributed by atoms with van der Waals surface area (Å²) in [5.41, 5.74) is 0. The molecule has 0 amide bonds. The van der Waals surface area contributed by atoms with Gasteiger partial charge in [-0.2, -0.15) is 0 Å². The van der Waals surface area contributed by atoms with E-state index in [1.54, 1.807) is 0 Å². The van der Waals surface area contributed by atoms with E-state index in [1.807, 2.05) is 7.11 Å². The standard InChI is InChI=1S/C14H29NO/c1-5-11(3)9-13(6-2)15-14(10-16-4)12-7-8-12/h11-15H,5-10H2,1-4H3. The predicted octanol–water partition coefficient (Wildman–Crippen LogP) is 3.22. The van der Waals surface area contributed by atoms with Crippen LogP contribution in [0.3, 0.4) is 0 Å². The van der Waals surface area contributed by atoms with Gasteiger partial charge in [0.25, 0.3) is 0 Å². The summed E-state index contributed by atoms with van der Waals surface area (Å²) in [6, 6.07) is 1.27. The molecule has 2 heteroatoms. The molecule has 1 aliphatic carbocycles. The van der Waals surface area contributed by atoms with Gasteiger partial charge in [-0.1, -0.05) is 27.2 Å². The summed E-state index contributed by atoms with van der Waals surface area (Å²) < 4.78 is 5.32. The van der Waals surface area contributed by atoms with Crippen LogP contribution in [0.5, 0.6) is 0 Å². The lowest BCUT2D eigenvalue weighted by Gasteiger charge is -2.26. The molecular weight excluding hydrogens is 198 g/mol. The topological polar surface area (TPSA) is 21.3 Å². The van der Waals surface area contributed by atoms with Crippen molar-refractivity contribution in [2.75, 3.05) is 13.7 Å². The first-order chi connectivity index (χ1) is 7.71. The van der Waals surface area contributed by atoms with Crippen LogP contribution in [0.1, 0.15) is 52.9 Å². The van der Waals surface area contributed by atoms with Crippen LogP contribution in [-0.2, 0) is 4.74 Å². The van der Waals surface area contributed by atoms with Gasteiger partial charge in [-0.15, -0.1) is 0 Å². The van der Waals surface area contributed by atoms with Crippen molar-refractivity contribution < 1.29 is 4.74 Å². The maximum absolute atomic E-state index is 5.32. The van der Waals surface area contributed by atoms with E-state index in [9.17, 15) is 0 Å². The van der Waals surface area contributed by atoms with Crippen LogP contribution in [0.2, 0.25) is 0 Å². The zero-order valence-electron chi connectivity index (χ0n) is 11.5. The van der Waals surface area contributed by atoms with Gasteiger partial charge in [0.2, 0.25) is 0 Å². The number of rotatable bonds is 9. The Hall–Kier alpha value is -0.0800. The second-order valence-corrected chi connectivity index (χ2v) is 5.42. The Kier molecular flexibility index (Phi) is 6.37. The minimum absolute atomic E-state index is 0.596. The third-order valence-corrected chi connectivity index (χ3v) is 3.86. The van der Waals surface area contributed by atoms with E-state index >= 15 is 0 Å². The highest BCUT2D eigenvalue weighted by Crippen LogP contribution is 2.33. The fraction of sp³-hybridized carbons (Fsp3) is 1.00. The maximum Gasteiger partial charge on any atom is 0.0618 e. The quantitative estimate of drug-likeness (QED) is 0.653. The number of ether oxygens (including phenoxy) is 1. The van der Waals surface area contributed by atoms with Gasteiger partial charge in [-0.25, -0.2) is 0 Å². The van der Waals surface area contributed by atoms with Gasteiger partial charge in [0.05, 0.1) is 6.61 Å². The highest BCUT2D eigenvalue weighted by Gasteiger charge is 2.32.